The molecule has 3 N–H and O–H groups in total. The number of aromatic nitrogens is 1. The zero-order valence-corrected chi connectivity index (χ0v) is 15.7. The van der Waals surface area contributed by atoms with Crippen LogP contribution in [-0.2, 0) is 0 Å². The summed E-state index contributed by atoms with van der Waals surface area (Å²) in [6, 6.07) is 15.3. The number of phenols is 1. The van der Waals surface area contributed by atoms with E-state index in [4.69, 9.17) is 5.73 Å². The molecule has 3 rings (SSSR count). The number of pyridine rings is 1. The number of ketones is 1. The van der Waals surface area contributed by atoms with Crippen LogP contribution in [0.25, 0.3) is 11.1 Å². The van der Waals surface area contributed by atoms with E-state index in [0.717, 1.165) is 17.8 Å². The summed E-state index contributed by atoms with van der Waals surface area (Å²) in [5.74, 6) is -0.993. The van der Waals surface area contributed by atoms with Gasteiger partial charge in [-0.3, -0.25) is 4.79 Å². The lowest BCUT2D eigenvalue weighted by molar-refractivity contribution is 0.102. The average molecular weight is 404 g/mol. The summed E-state index contributed by atoms with van der Waals surface area (Å²) in [5.41, 5.74) is 7.04. The van der Waals surface area contributed by atoms with E-state index in [2.05, 4.69) is 4.98 Å². The van der Waals surface area contributed by atoms with Crippen LogP contribution < -0.4 is 5.73 Å². The zero-order valence-electron chi connectivity index (χ0n) is 14.9. The number of hydrogen-bond donors (Lipinski definition) is 2. The van der Waals surface area contributed by atoms with Crippen molar-refractivity contribution in [2.24, 2.45) is 0 Å². The third-order valence-electron chi connectivity index (χ3n) is 4.06. The third-order valence-corrected chi connectivity index (χ3v) is 5.03. The Morgan fingerprint density at radius 2 is 1.83 bits per heavy atom. The molecule has 0 saturated carbocycles. The van der Waals surface area contributed by atoms with Crippen LogP contribution in [0.2, 0.25) is 0 Å². The fourth-order valence-electron chi connectivity index (χ4n) is 2.70. The minimum absolute atomic E-state index is 0.0306. The van der Waals surface area contributed by atoms with E-state index in [9.17, 15) is 24.8 Å². The van der Waals surface area contributed by atoms with Crippen molar-refractivity contribution in [1.82, 2.24) is 4.98 Å². The molecule has 0 radical (unpaired) electrons. The van der Waals surface area contributed by atoms with E-state index in [-0.39, 0.29) is 50.4 Å². The van der Waals surface area contributed by atoms with E-state index in [0.29, 0.717) is 5.56 Å². The van der Waals surface area contributed by atoms with E-state index >= 15 is 0 Å². The molecule has 1 heterocycles. The molecule has 0 aliphatic carbocycles. The first kappa shape index (κ1) is 19.9. The molecule has 1 aromatic heterocycles. The Morgan fingerprint density at radius 3 is 2.45 bits per heavy atom. The second-order valence-electron chi connectivity index (χ2n) is 5.92. The van der Waals surface area contributed by atoms with Crippen molar-refractivity contribution in [2.75, 3.05) is 11.5 Å². The minimum atomic E-state index is -0.520. The standard InChI is InChI=1S/C21H13FN4O2S/c22-14-3-1-2-13(8-14)18(28)11-29-21-17(10-24)19(16(9-23)20(25)26-21)12-4-6-15(27)7-5-12/h1-8,27H,11H2,(H2,25,26). The molecule has 0 bridgehead atoms. The first-order valence-electron chi connectivity index (χ1n) is 8.29. The Kier molecular flexibility index (Phi) is 5.77. The van der Waals surface area contributed by atoms with Gasteiger partial charge in [-0.25, -0.2) is 9.37 Å². The molecule has 6 nitrogen and oxygen atoms in total. The van der Waals surface area contributed by atoms with Gasteiger partial charge in [0.2, 0.25) is 0 Å². The van der Waals surface area contributed by atoms with Gasteiger partial charge in [0, 0.05) is 11.1 Å². The highest BCUT2D eigenvalue weighted by Crippen LogP contribution is 2.36. The number of carbonyl (C=O) groups excluding carboxylic acids is 1. The number of nitrogen functional groups attached to an aromatic ring is 1. The van der Waals surface area contributed by atoms with Crippen LogP contribution in [0.4, 0.5) is 10.2 Å². The van der Waals surface area contributed by atoms with Crippen molar-refractivity contribution in [3.8, 4) is 29.0 Å². The van der Waals surface area contributed by atoms with Crippen LogP contribution >= 0.6 is 11.8 Å². The maximum Gasteiger partial charge on any atom is 0.173 e. The fourth-order valence-corrected chi connectivity index (χ4v) is 3.59. The molecule has 0 amide bonds. The summed E-state index contributed by atoms with van der Waals surface area (Å²) in [4.78, 5) is 16.5. The zero-order chi connectivity index (χ0) is 21.0. The second kappa shape index (κ2) is 8.42. The first-order valence-corrected chi connectivity index (χ1v) is 9.27. The smallest absolute Gasteiger partial charge is 0.173 e. The highest BCUT2D eigenvalue weighted by molar-refractivity contribution is 8.00. The summed E-state index contributed by atoms with van der Waals surface area (Å²) in [7, 11) is 0. The lowest BCUT2D eigenvalue weighted by Crippen LogP contribution is -2.06. The van der Waals surface area contributed by atoms with Gasteiger partial charge < -0.3 is 10.8 Å². The molecule has 8 heteroatoms. The number of thioether (sulfide) groups is 1. The number of nitriles is 2. The number of nitrogens with two attached hydrogens (primary N) is 1. The second-order valence-corrected chi connectivity index (χ2v) is 6.88. The number of halogens is 1. The van der Waals surface area contributed by atoms with E-state index < -0.39 is 5.82 Å². The van der Waals surface area contributed by atoms with E-state index in [1.807, 2.05) is 12.1 Å². The van der Waals surface area contributed by atoms with E-state index in [1.54, 1.807) is 12.1 Å². The van der Waals surface area contributed by atoms with Gasteiger partial charge in [-0.05, 0) is 29.8 Å². The van der Waals surface area contributed by atoms with Crippen molar-refractivity contribution in [1.29, 1.82) is 10.5 Å². The maximum atomic E-state index is 13.3. The molecule has 0 aliphatic heterocycles. The fraction of sp³-hybridized carbons (Fsp3) is 0.0476. The molecule has 29 heavy (non-hydrogen) atoms. The summed E-state index contributed by atoms with van der Waals surface area (Å²) >= 11 is 0.981. The Bertz CT molecular complexity index is 1180. The summed E-state index contributed by atoms with van der Waals surface area (Å²) in [6.45, 7) is 0. The van der Waals surface area contributed by atoms with Crippen LogP contribution in [0.5, 0.6) is 5.75 Å². The number of rotatable bonds is 5. The van der Waals surface area contributed by atoms with E-state index in [1.165, 1.54) is 30.3 Å². The molecule has 0 aliphatic rings. The summed E-state index contributed by atoms with van der Waals surface area (Å²) in [5, 5.41) is 28.9. The number of phenolic OH excluding ortho intramolecular Hbond substituents is 1. The molecule has 142 valence electrons. The monoisotopic (exact) mass is 404 g/mol. The number of nitrogens with zero attached hydrogens (tertiary/aromatic N) is 3. The highest BCUT2D eigenvalue weighted by Gasteiger charge is 2.21. The molecule has 0 spiro atoms. The van der Waals surface area contributed by atoms with Crippen molar-refractivity contribution in [3.63, 3.8) is 0 Å². The maximum absolute atomic E-state index is 13.3. The van der Waals surface area contributed by atoms with Crippen molar-refractivity contribution >= 4 is 23.4 Å². The van der Waals surface area contributed by atoms with Gasteiger partial charge in [0.05, 0.1) is 11.3 Å². The molecular formula is C21H13FN4O2S. The lowest BCUT2D eigenvalue weighted by Gasteiger charge is -2.13. The Hall–Kier alpha value is -3.88. The largest absolute Gasteiger partial charge is 0.508 e. The van der Waals surface area contributed by atoms with Gasteiger partial charge >= 0.3 is 0 Å². The van der Waals surface area contributed by atoms with Crippen molar-refractivity contribution in [3.05, 3.63) is 71.0 Å². The predicted molar refractivity (Wildman–Crippen MR) is 107 cm³/mol. The molecule has 0 unspecified atom stereocenters. The number of Topliss-reactive ketones (excluding diaryl/α,β-unsaturated/α-hetero) is 1. The number of anilines is 1. The summed E-state index contributed by atoms with van der Waals surface area (Å²) < 4.78 is 13.3. The lowest BCUT2D eigenvalue weighted by atomic mass is 9.97. The molecule has 3 aromatic rings. The highest BCUT2D eigenvalue weighted by atomic mass is 32.2. The molecule has 2 aromatic carbocycles. The van der Waals surface area contributed by atoms with Crippen molar-refractivity contribution < 1.29 is 14.3 Å². The summed E-state index contributed by atoms with van der Waals surface area (Å²) in [6.07, 6.45) is 0. The van der Waals surface area contributed by atoms with Gasteiger partial charge in [-0.15, -0.1) is 0 Å². The number of hydrogen-bond acceptors (Lipinski definition) is 7. The minimum Gasteiger partial charge on any atom is -0.508 e. The van der Waals surface area contributed by atoms with Gasteiger partial charge in [0.25, 0.3) is 0 Å². The Balaban J connectivity index is 2.02. The number of carbonyl (C=O) groups is 1. The quantitative estimate of drug-likeness (QED) is 0.488. The average Bonchev–Trinajstić information content (AvgIpc) is 2.72. The van der Waals surface area contributed by atoms with Crippen molar-refractivity contribution in [2.45, 2.75) is 5.03 Å². The molecule has 0 saturated heterocycles. The van der Waals surface area contributed by atoms with Crippen LogP contribution in [0.3, 0.4) is 0 Å². The number of benzene rings is 2. The van der Waals surface area contributed by atoms with Gasteiger partial charge in [-0.1, -0.05) is 36.0 Å². The van der Waals surface area contributed by atoms with Gasteiger partial charge in [-0.2, -0.15) is 10.5 Å². The normalized spacial score (nSPS) is 10.2. The van der Waals surface area contributed by atoms with Gasteiger partial charge in [0.1, 0.15) is 40.1 Å². The molecule has 0 fully saturated rings. The van der Waals surface area contributed by atoms with Crippen LogP contribution in [0, 0.1) is 28.5 Å². The third kappa shape index (κ3) is 4.18. The Labute approximate surface area is 170 Å². The van der Waals surface area contributed by atoms with Gasteiger partial charge in [0.15, 0.2) is 5.78 Å². The van der Waals surface area contributed by atoms with Crippen LogP contribution in [-0.4, -0.2) is 21.6 Å². The van der Waals surface area contributed by atoms with Crippen LogP contribution in [0.15, 0.2) is 53.6 Å². The number of aromatic hydroxyl groups is 1. The topological polar surface area (TPSA) is 124 Å². The molecular weight excluding hydrogens is 391 g/mol. The SMILES string of the molecule is N#Cc1c(N)nc(SCC(=O)c2cccc(F)c2)c(C#N)c1-c1ccc(O)cc1. The molecule has 0 atom stereocenters. The Morgan fingerprint density at radius 1 is 1.14 bits per heavy atom. The van der Waals surface area contributed by atoms with Crippen LogP contribution in [0.1, 0.15) is 21.5 Å². The predicted octanol–water partition coefficient (Wildman–Crippen LogP) is 3.89. The first-order chi connectivity index (χ1) is 13.9.